The van der Waals surface area contributed by atoms with E-state index in [1.54, 1.807) is 12.1 Å². The third-order valence-electron chi connectivity index (χ3n) is 6.07. The second kappa shape index (κ2) is 5.90. The molecule has 5 nitrogen and oxygen atoms in total. The van der Waals surface area contributed by atoms with E-state index < -0.39 is 11.0 Å². The van der Waals surface area contributed by atoms with Gasteiger partial charge in [0.1, 0.15) is 11.9 Å². The summed E-state index contributed by atoms with van der Waals surface area (Å²) < 4.78 is 5.29. The van der Waals surface area contributed by atoms with Crippen LogP contribution < -0.4 is 4.74 Å². The van der Waals surface area contributed by atoms with Crippen LogP contribution in [-0.4, -0.2) is 53.7 Å². The molecule has 1 aromatic carbocycles. The van der Waals surface area contributed by atoms with E-state index in [2.05, 4.69) is 4.90 Å². The molecule has 1 saturated heterocycles. The van der Waals surface area contributed by atoms with Crippen molar-refractivity contribution in [2.75, 3.05) is 20.7 Å². The number of fused-ring (bicyclic) bond motifs is 4. The van der Waals surface area contributed by atoms with E-state index in [-0.39, 0.29) is 11.8 Å². The van der Waals surface area contributed by atoms with Gasteiger partial charge < -0.3 is 14.9 Å². The third-order valence-corrected chi connectivity index (χ3v) is 6.07. The zero-order valence-electron chi connectivity index (χ0n) is 14.5. The molecule has 1 aromatic rings. The molecule has 0 saturated carbocycles. The number of phenols is 1. The number of phenolic OH excluding ortho intramolecular Hbond substituents is 1. The van der Waals surface area contributed by atoms with Gasteiger partial charge in [0.15, 0.2) is 11.5 Å². The molecule has 1 heterocycles. The first-order chi connectivity index (χ1) is 11.4. The maximum Gasteiger partial charge on any atom is 0.161 e. The SMILES string of the molecule is CCC12CCN(C)C(Cc3ccc(OC)c(O)c31)C2(O)/C=C\C=O. The van der Waals surface area contributed by atoms with Gasteiger partial charge in [-0.1, -0.05) is 13.0 Å². The molecule has 5 heteroatoms. The van der Waals surface area contributed by atoms with Gasteiger partial charge >= 0.3 is 0 Å². The first-order valence-electron chi connectivity index (χ1n) is 8.40. The summed E-state index contributed by atoms with van der Waals surface area (Å²) in [5.41, 5.74) is -0.0507. The normalized spacial score (nSPS) is 32.6. The highest BCUT2D eigenvalue weighted by Gasteiger charge is 2.61. The number of aldehydes is 1. The number of hydrogen-bond donors (Lipinski definition) is 2. The number of carbonyl (C=O) groups is 1. The van der Waals surface area contributed by atoms with E-state index in [1.807, 2.05) is 20.0 Å². The molecule has 3 unspecified atom stereocenters. The van der Waals surface area contributed by atoms with Crippen molar-refractivity contribution in [1.29, 1.82) is 0 Å². The predicted octanol–water partition coefficient (Wildman–Crippen LogP) is 1.79. The fraction of sp³-hybridized carbons (Fsp3) is 0.526. The molecular weight excluding hydrogens is 306 g/mol. The molecule has 130 valence electrons. The first-order valence-corrected chi connectivity index (χ1v) is 8.40. The fourth-order valence-electron chi connectivity index (χ4n) is 4.80. The van der Waals surface area contributed by atoms with Crippen LogP contribution in [0.2, 0.25) is 0 Å². The van der Waals surface area contributed by atoms with Crippen molar-refractivity contribution in [3.8, 4) is 11.5 Å². The molecule has 0 radical (unpaired) electrons. The summed E-state index contributed by atoms with van der Waals surface area (Å²) in [6.45, 7) is 2.85. The van der Waals surface area contributed by atoms with Crippen LogP contribution in [0.15, 0.2) is 24.3 Å². The van der Waals surface area contributed by atoms with Crippen molar-refractivity contribution in [3.05, 3.63) is 35.4 Å². The Bertz CT molecular complexity index is 686. The van der Waals surface area contributed by atoms with Gasteiger partial charge in [0, 0.05) is 17.0 Å². The predicted molar refractivity (Wildman–Crippen MR) is 91.5 cm³/mol. The van der Waals surface area contributed by atoms with Crippen LogP contribution in [0.25, 0.3) is 0 Å². The molecule has 3 atom stereocenters. The third kappa shape index (κ3) is 2.04. The van der Waals surface area contributed by atoms with E-state index in [9.17, 15) is 15.0 Å². The van der Waals surface area contributed by atoms with E-state index in [1.165, 1.54) is 13.2 Å². The van der Waals surface area contributed by atoms with Gasteiger partial charge in [-0.05, 0) is 56.6 Å². The standard InChI is InChI=1S/C19H25NO4/c1-4-18-9-10-20(2)15(19(18,23)8-5-11-21)12-13-6-7-14(24-3)17(22)16(13)18/h5-8,11,15,22-23H,4,9-10,12H2,1-3H3/b8-5-. The number of piperidine rings is 1. The Balaban J connectivity index is 2.31. The van der Waals surface area contributed by atoms with E-state index in [4.69, 9.17) is 4.74 Å². The Morgan fingerprint density at radius 2 is 2.21 bits per heavy atom. The van der Waals surface area contributed by atoms with Gasteiger partial charge in [-0.25, -0.2) is 0 Å². The van der Waals surface area contributed by atoms with E-state index >= 15 is 0 Å². The summed E-state index contributed by atoms with van der Waals surface area (Å²) in [7, 11) is 3.52. The average molecular weight is 331 g/mol. The fourth-order valence-corrected chi connectivity index (χ4v) is 4.80. The van der Waals surface area contributed by atoms with Gasteiger partial charge in [-0.2, -0.15) is 0 Å². The molecule has 3 rings (SSSR count). The second-order valence-electron chi connectivity index (χ2n) is 6.86. The Labute approximate surface area is 142 Å². The summed E-state index contributed by atoms with van der Waals surface area (Å²) in [5, 5.41) is 22.5. The lowest BCUT2D eigenvalue weighted by molar-refractivity contribution is -0.111. The highest BCUT2D eigenvalue weighted by molar-refractivity contribution is 5.66. The van der Waals surface area contributed by atoms with Crippen LogP contribution in [0.1, 0.15) is 30.9 Å². The van der Waals surface area contributed by atoms with Crippen molar-refractivity contribution in [1.82, 2.24) is 4.90 Å². The topological polar surface area (TPSA) is 70.0 Å². The monoisotopic (exact) mass is 331 g/mol. The van der Waals surface area contributed by atoms with Crippen LogP contribution in [0, 0.1) is 0 Å². The molecular formula is C19H25NO4. The van der Waals surface area contributed by atoms with Crippen molar-refractivity contribution in [2.45, 2.75) is 43.2 Å². The average Bonchev–Trinajstić information content (AvgIpc) is 2.57. The van der Waals surface area contributed by atoms with E-state index in [0.29, 0.717) is 31.3 Å². The summed E-state index contributed by atoms with van der Waals surface area (Å²) >= 11 is 0. The highest BCUT2D eigenvalue weighted by Crippen LogP contribution is 2.57. The second-order valence-corrected chi connectivity index (χ2v) is 6.86. The summed E-state index contributed by atoms with van der Waals surface area (Å²) in [6.07, 6.45) is 5.65. The number of ether oxygens (including phenoxy) is 1. The lowest BCUT2D eigenvalue weighted by Gasteiger charge is -2.60. The maximum atomic E-state index is 11.7. The summed E-state index contributed by atoms with van der Waals surface area (Å²) in [6, 6.07) is 3.62. The van der Waals surface area contributed by atoms with Crippen LogP contribution in [0.3, 0.4) is 0 Å². The largest absolute Gasteiger partial charge is 0.504 e. The number of nitrogens with zero attached hydrogens (tertiary/aromatic N) is 1. The molecule has 1 aliphatic heterocycles. The zero-order valence-corrected chi connectivity index (χ0v) is 14.5. The Kier molecular flexibility index (Phi) is 4.18. The van der Waals surface area contributed by atoms with Crippen LogP contribution in [-0.2, 0) is 16.6 Å². The number of hydrogen-bond acceptors (Lipinski definition) is 5. The minimum atomic E-state index is -1.22. The van der Waals surface area contributed by atoms with Crippen molar-refractivity contribution >= 4 is 6.29 Å². The Morgan fingerprint density at radius 1 is 1.46 bits per heavy atom. The molecule has 24 heavy (non-hydrogen) atoms. The minimum Gasteiger partial charge on any atom is -0.504 e. The van der Waals surface area contributed by atoms with Crippen LogP contribution in [0.4, 0.5) is 0 Å². The lowest BCUT2D eigenvalue weighted by Crippen LogP contribution is -2.69. The molecule has 0 aromatic heterocycles. The van der Waals surface area contributed by atoms with Crippen molar-refractivity contribution in [2.24, 2.45) is 0 Å². The smallest absolute Gasteiger partial charge is 0.161 e. The van der Waals surface area contributed by atoms with Crippen molar-refractivity contribution in [3.63, 3.8) is 0 Å². The van der Waals surface area contributed by atoms with Gasteiger partial charge in [-0.3, -0.25) is 9.69 Å². The van der Waals surface area contributed by atoms with Gasteiger partial charge in [0.05, 0.1) is 7.11 Å². The molecule has 0 amide bonds. The molecule has 1 aliphatic carbocycles. The Morgan fingerprint density at radius 3 is 2.83 bits per heavy atom. The molecule has 0 spiro atoms. The summed E-state index contributed by atoms with van der Waals surface area (Å²) in [5.74, 6) is 0.526. The number of aliphatic hydroxyl groups is 1. The number of allylic oxidation sites excluding steroid dienone is 1. The van der Waals surface area contributed by atoms with Crippen LogP contribution >= 0.6 is 0 Å². The number of aromatic hydroxyl groups is 1. The minimum absolute atomic E-state index is 0.109. The molecule has 2 bridgehead atoms. The number of methoxy groups -OCH3 is 1. The number of benzene rings is 1. The van der Waals surface area contributed by atoms with Crippen LogP contribution in [0.5, 0.6) is 11.5 Å². The highest BCUT2D eigenvalue weighted by atomic mass is 16.5. The summed E-state index contributed by atoms with van der Waals surface area (Å²) in [4.78, 5) is 13.1. The lowest BCUT2D eigenvalue weighted by atomic mass is 9.53. The molecule has 2 aliphatic rings. The van der Waals surface area contributed by atoms with Gasteiger partial charge in [0.2, 0.25) is 0 Å². The maximum absolute atomic E-state index is 11.7. The number of carbonyl (C=O) groups excluding carboxylic acids is 1. The molecule has 2 N–H and O–H groups in total. The van der Waals surface area contributed by atoms with Gasteiger partial charge in [0.25, 0.3) is 0 Å². The quantitative estimate of drug-likeness (QED) is 0.650. The zero-order chi connectivity index (χ0) is 17.5. The molecule has 1 fully saturated rings. The first kappa shape index (κ1) is 17.0. The van der Waals surface area contributed by atoms with E-state index in [0.717, 1.165) is 17.7 Å². The van der Waals surface area contributed by atoms with Crippen molar-refractivity contribution < 1.29 is 19.7 Å². The Hall–Kier alpha value is -1.85. The van der Waals surface area contributed by atoms with Gasteiger partial charge in [-0.15, -0.1) is 0 Å². The number of likely N-dealkylation sites (N-methyl/N-ethyl adjacent to an activating group) is 1. The number of likely N-dealkylation sites (tertiary alicyclic amines) is 1. The number of rotatable bonds is 4.